The van der Waals surface area contributed by atoms with Crippen LogP contribution in [0.1, 0.15) is 79.1 Å². The molecule has 0 saturated carbocycles. The molecule has 0 amide bonds. The molecule has 5 heteroatoms. The van der Waals surface area contributed by atoms with Crippen molar-refractivity contribution in [3.63, 3.8) is 0 Å². The molecule has 0 spiro atoms. The molecule has 1 aliphatic carbocycles. The summed E-state index contributed by atoms with van der Waals surface area (Å²) in [6.45, 7) is 9.20. The van der Waals surface area contributed by atoms with E-state index in [1.165, 1.54) is 24.8 Å². The lowest BCUT2D eigenvalue weighted by atomic mass is 9.71. The second-order valence-electron chi connectivity index (χ2n) is 9.39. The lowest BCUT2D eigenvalue weighted by molar-refractivity contribution is -0.152. The van der Waals surface area contributed by atoms with Gasteiger partial charge in [-0.05, 0) is 76.2 Å². The van der Waals surface area contributed by atoms with E-state index in [4.69, 9.17) is 4.74 Å². The van der Waals surface area contributed by atoms with Crippen LogP contribution in [-0.2, 0) is 19.1 Å². The quantitative estimate of drug-likeness (QED) is 0.358. The van der Waals surface area contributed by atoms with Crippen molar-refractivity contribution in [2.24, 2.45) is 5.41 Å². The van der Waals surface area contributed by atoms with Crippen LogP contribution in [0.15, 0.2) is 46.1 Å². The summed E-state index contributed by atoms with van der Waals surface area (Å²) in [7, 11) is 0. The Morgan fingerprint density at radius 3 is 2.70 bits per heavy atom. The van der Waals surface area contributed by atoms with Gasteiger partial charge in [-0.1, -0.05) is 42.7 Å². The maximum Gasteiger partial charge on any atom is 0.344 e. The first-order valence-corrected chi connectivity index (χ1v) is 11.0. The molecule has 0 aromatic heterocycles. The number of aliphatic hydroxyl groups is 1. The van der Waals surface area contributed by atoms with Crippen LogP contribution in [0, 0.1) is 5.41 Å². The van der Waals surface area contributed by atoms with Crippen LogP contribution in [-0.4, -0.2) is 29.4 Å². The normalized spacial score (nSPS) is 27.2. The summed E-state index contributed by atoms with van der Waals surface area (Å²) in [5.74, 6) is -1.36. The molecule has 164 valence electrons. The molecule has 30 heavy (non-hydrogen) atoms. The first-order chi connectivity index (χ1) is 14.2. The maximum absolute atomic E-state index is 11.7. The number of hydrogen-bond acceptors (Lipinski definition) is 5. The van der Waals surface area contributed by atoms with Crippen molar-refractivity contribution in [2.45, 2.75) is 91.5 Å². The van der Waals surface area contributed by atoms with Gasteiger partial charge in [0, 0.05) is 6.08 Å². The average molecular weight is 415 g/mol. The predicted octanol–water partition coefficient (Wildman–Crippen LogP) is 5.06. The van der Waals surface area contributed by atoms with E-state index in [0.29, 0.717) is 18.3 Å². The molecule has 1 unspecified atom stereocenters. The Morgan fingerprint density at radius 2 is 2.07 bits per heavy atom. The van der Waals surface area contributed by atoms with Crippen molar-refractivity contribution >= 4 is 11.9 Å². The molecule has 0 saturated heterocycles. The van der Waals surface area contributed by atoms with E-state index in [1.807, 2.05) is 6.08 Å². The van der Waals surface area contributed by atoms with E-state index < -0.39 is 24.3 Å². The molecule has 0 aromatic carbocycles. The number of hydrogen-bond donors (Lipinski definition) is 1. The van der Waals surface area contributed by atoms with Crippen LogP contribution in [0.4, 0.5) is 0 Å². The van der Waals surface area contributed by atoms with E-state index in [9.17, 15) is 14.7 Å². The van der Waals surface area contributed by atoms with Crippen molar-refractivity contribution in [1.29, 1.82) is 0 Å². The monoisotopic (exact) mass is 414 g/mol. The summed E-state index contributed by atoms with van der Waals surface area (Å²) in [6.07, 6.45) is 11.6. The average Bonchev–Trinajstić information content (AvgIpc) is 3.00. The van der Waals surface area contributed by atoms with Crippen molar-refractivity contribution in [3.8, 4) is 0 Å². The molecule has 3 rings (SSSR count). The molecule has 2 heterocycles. The van der Waals surface area contributed by atoms with E-state index in [1.54, 1.807) is 11.1 Å². The summed E-state index contributed by atoms with van der Waals surface area (Å²) < 4.78 is 10.1. The number of rotatable bonds is 7. The second kappa shape index (κ2) is 9.44. The predicted molar refractivity (Wildman–Crippen MR) is 115 cm³/mol. The Morgan fingerprint density at radius 1 is 1.30 bits per heavy atom. The highest BCUT2D eigenvalue weighted by Crippen LogP contribution is 2.42. The van der Waals surface area contributed by atoms with Gasteiger partial charge in [0.05, 0.1) is 11.7 Å². The number of carbonyl (C=O) groups excluding carboxylic acids is 2. The largest absolute Gasteiger partial charge is 0.386 e. The Labute approximate surface area is 179 Å². The molecule has 0 aromatic rings. The summed E-state index contributed by atoms with van der Waals surface area (Å²) in [5, 5.41) is 10.3. The minimum absolute atomic E-state index is 0.181. The Bertz CT molecular complexity index is 824. The van der Waals surface area contributed by atoms with Gasteiger partial charge in [-0.3, -0.25) is 0 Å². The third kappa shape index (κ3) is 5.38. The van der Waals surface area contributed by atoms with Crippen molar-refractivity contribution in [1.82, 2.24) is 0 Å². The zero-order valence-electron chi connectivity index (χ0n) is 18.6. The Kier molecular flexibility index (Phi) is 7.14. The number of carbonyl (C=O) groups is 2. The highest BCUT2D eigenvalue weighted by atomic mass is 16.6. The molecule has 2 aliphatic heterocycles. The number of allylic oxidation sites excluding steroid dienone is 4. The highest BCUT2D eigenvalue weighted by molar-refractivity contribution is 6.09. The standard InChI is InChI=1S/C25H34O5/c1-16(10-12-20-17(2)8-6-14-25(20,3)4)7-5-9-18-11-13-21(29-23(18)27)19-15-22(26)30-24(19)28/h7,11,15,21,23,27H,5-6,8-10,12-14H2,1-4H3/b16-7+/t21-,23?/m1/s1. The zero-order chi connectivity index (χ0) is 21.9. The van der Waals surface area contributed by atoms with Gasteiger partial charge in [-0.25, -0.2) is 9.59 Å². The fourth-order valence-electron chi connectivity index (χ4n) is 4.81. The molecule has 0 fully saturated rings. The molecular weight excluding hydrogens is 380 g/mol. The maximum atomic E-state index is 11.7. The SMILES string of the molecule is CC1=C(CC/C(C)=C/CCC2=CC[C@H](C3=CC(=O)OC3=O)OC2O)C(C)(C)CCC1. The lowest BCUT2D eigenvalue weighted by Crippen LogP contribution is -2.30. The van der Waals surface area contributed by atoms with E-state index in [0.717, 1.165) is 30.9 Å². The van der Waals surface area contributed by atoms with E-state index in [2.05, 4.69) is 38.5 Å². The van der Waals surface area contributed by atoms with E-state index >= 15 is 0 Å². The molecular formula is C25H34O5. The molecule has 3 aliphatic rings. The number of ether oxygens (including phenoxy) is 2. The van der Waals surface area contributed by atoms with Crippen LogP contribution in [0.2, 0.25) is 0 Å². The summed E-state index contributed by atoms with van der Waals surface area (Å²) in [5.41, 5.74) is 5.90. The number of cyclic esters (lactones) is 2. The summed E-state index contributed by atoms with van der Waals surface area (Å²) in [4.78, 5) is 22.9. The van der Waals surface area contributed by atoms with Crippen molar-refractivity contribution in [2.75, 3.05) is 0 Å². The minimum Gasteiger partial charge on any atom is -0.386 e. The van der Waals surface area contributed by atoms with Gasteiger partial charge >= 0.3 is 11.9 Å². The molecule has 1 N–H and O–H groups in total. The van der Waals surface area contributed by atoms with Gasteiger partial charge in [0.2, 0.25) is 0 Å². The third-order valence-corrected chi connectivity index (χ3v) is 6.63. The number of aliphatic hydroxyl groups excluding tert-OH is 1. The van der Waals surface area contributed by atoms with Crippen molar-refractivity contribution in [3.05, 3.63) is 46.1 Å². The highest BCUT2D eigenvalue weighted by Gasteiger charge is 2.34. The first-order valence-electron chi connectivity index (χ1n) is 11.0. The summed E-state index contributed by atoms with van der Waals surface area (Å²) >= 11 is 0. The Balaban J connectivity index is 1.49. The van der Waals surface area contributed by atoms with Crippen LogP contribution in [0.25, 0.3) is 0 Å². The van der Waals surface area contributed by atoms with Gasteiger partial charge in [-0.15, -0.1) is 0 Å². The van der Waals surface area contributed by atoms with Crippen LogP contribution in [0.5, 0.6) is 0 Å². The van der Waals surface area contributed by atoms with Crippen LogP contribution >= 0.6 is 0 Å². The third-order valence-electron chi connectivity index (χ3n) is 6.63. The van der Waals surface area contributed by atoms with Crippen LogP contribution in [0.3, 0.4) is 0 Å². The van der Waals surface area contributed by atoms with Gasteiger partial charge < -0.3 is 14.6 Å². The zero-order valence-corrected chi connectivity index (χ0v) is 18.6. The molecule has 5 nitrogen and oxygen atoms in total. The van der Waals surface area contributed by atoms with Gasteiger partial charge in [0.15, 0.2) is 6.29 Å². The van der Waals surface area contributed by atoms with Crippen LogP contribution < -0.4 is 0 Å². The van der Waals surface area contributed by atoms with Gasteiger partial charge in [-0.2, -0.15) is 0 Å². The van der Waals surface area contributed by atoms with Gasteiger partial charge in [0.25, 0.3) is 0 Å². The fourth-order valence-corrected chi connectivity index (χ4v) is 4.81. The molecule has 0 radical (unpaired) electrons. The Hall–Kier alpha value is -1.98. The fraction of sp³-hybridized carbons (Fsp3) is 0.600. The first kappa shape index (κ1) is 22.7. The number of esters is 2. The molecule has 0 bridgehead atoms. The topological polar surface area (TPSA) is 72.8 Å². The second-order valence-corrected chi connectivity index (χ2v) is 9.39. The van der Waals surface area contributed by atoms with Crippen molar-refractivity contribution < 1.29 is 24.2 Å². The summed E-state index contributed by atoms with van der Waals surface area (Å²) in [6, 6.07) is 0. The minimum atomic E-state index is -1.06. The lowest BCUT2D eigenvalue weighted by Gasteiger charge is -2.35. The smallest absolute Gasteiger partial charge is 0.344 e. The molecule has 2 atom stereocenters. The van der Waals surface area contributed by atoms with E-state index in [-0.39, 0.29) is 5.57 Å². The van der Waals surface area contributed by atoms with Gasteiger partial charge in [0.1, 0.15) is 0 Å².